The highest BCUT2D eigenvalue weighted by Crippen LogP contribution is 2.30. The van der Waals surface area contributed by atoms with Gasteiger partial charge in [0.2, 0.25) is 5.78 Å². The summed E-state index contributed by atoms with van der Waals surface area (Å²) < 4.78 is 10.8. The third-order valence-electron chi connectivity index (χ3n) is 4.09. The number of aromatic nitrogens is 1. The highest BCUT2D eigenvalue weighted by Gasteiger charge is 2.18. The van der Waals surface area contributed by atoms with Crippen LogP contribution in [0.1, 0.15) is 22.2 Å². The molecule has 0 amide bonds. The Bertz CT molecular complexity index is 957. The summed E-state index contributed by atoms with van der Waals surface area (Å²) in [6.07, 6.45) is 0. The highest BCUT2D eigenvalue weighted by molar-refractivity contribution is 7.18. The number of nitrogens with one attached hydrogen (secondary N) is 2. The summed E-state index contributed by atoms with van der Waals surface area (Å²) >= 11 is 1.22. The number of thiazole rings is 1. The zero-order valence-electron chi connectivity index (χ0n) is 16.4. The number of ether oxygens (including phenoxy) is 2. The summed E-state index contributed by atoms with van der Waals surface area (Å²) in [7, 11) is 1.56. The predicted octanol–water partition coefficient (Wildman–Crippen LogP) is 3.70. The van der Waals surface area contributed by atoms with Gasteiger partial charge in [-0.2, -0.15) is 0 Å². The number of nitrogen functional groups attached to an aromatic ring is 1. The van der Waals surface area contributed by atoms with Crippen LogP contribution in [-0.4, -0.2) is 37.6 Å². The fraction of sp³-hybridized carbons (Fsp3) is 0.238. The van der Waals surface area contributed by atoms with E-state index in [0.29, 0.717) is 27.9 Å². The number of ketones is 1. The number of nitrogens with two attached hydrogens (primary N) is 1. The molecular weight excluding hydrogens is 388 g/mol. The predicted molar refractivity (Wildman–Crippen MR) is 117 cm³/mol. The van der Waals surface area contributed by atoms with Gasteiger partial charge in [-0.05, 0) is 42.9 Å². The minimum absolute atomic E-state index is 0.184. The van der Waals surface area contributed by atoms with Crippen LogP contribution < -0.4 is 25.8 Å². The molecule has 0 saturated carbocycles. The molecule has 0 radical (unpaired) electrons. The number of carbonyl (C=O) groups excluding carboxylic acids is 1. The lowest BCUT2D eigenvalue weighted by Gasteiger charge is -2.07. The minimum Gasteiger partial charge on any atom is -0.497 e. The Morgan fingerprint density at radius 1 is 1.17 bits per heavy atom. The molecule has 8 heteroatoms. The number of likely N-dealkylation sites (N-methyl/N-ethyl adjacent to an activating group) is 1. The second-order valence-electron chi connectivity index (χ2n) is 6.15. The van der Waals surface area contributed by atoms with E-state index < -0.39 is 0 Å². The number of hydrogen-bond donors (Lipinski definition) is 3. The second-order valence-corrected chi connectivity index (χ2v) is 7.14. The van der Waals surface area contributed by atoms with Crippen LogP contribution >= 0.6 is 11.3 Å². The maximum absolute atomic E-state index is 12.8. The number of nitrogens with zero attached hydrogens (tertiary/aromatic N) is 1. The van der Waals surface area contributed by atoms with Gasteiger partial charge in [-0.1, -0.05) is 30.4 Å². The fourth-order valence-corrected chi connectivity index (χ4v) is 3.49. The van der Waals surface area contributed by atoms with E-state index in [1.54, 1.807) is 31.4 Å². The SMILES string of the molecule is CCNCCOc1ccc(Nc2nc(N)c(C(=O)c3cccc(OC)c3)s2)cc1. The lowest BCUT2D eigenvalue weighted by molar-refractivity contribution is 0.104. The van der Waals surface area contributed by atoms with Crippen LogP contribution in [-0.2, 0) is 0 Å². The molecular formula is C21H24N4O3S. The van der Waals surface area contributed by atoms with Crippen molar-refractivity contribution in [1.82, 2.24) is 10.3 Å². The maximum Gasteiger partial charge on any atom is 0.206 e. The Labute approximate surface area is 173 Å². The van der Waals surface area contributed by atoms with Crippen LogP contribution in [0.15, 0.2) is 48.5 Å². The third-order valence-corrected chi connectivity index (χ3v) is 5.08. The van der Waals surface area contributed by atoms with Crippen LogP contribution in [0.25, 0.3) is 0 Å². The summed E-state index contributed by atoms with van der Waals surface area (Å²) in [4.78, 5) is 17.5. The van der Waals surface area contributed by atoms with Gasteiger partial charge in [0.25, 0.3) is 0 Å². The zero-order valence-corrected chi connectivity index (χ0v) is 17.2. The molecule has 0 bridgehead atoms. The first-order valence-electron chi connectivity index (χ1n) is 9.26. The molecule has 4 N–H and O–H groups in total. The van der Waals surface area contributed by atoms with E-state index in [1.807, 2.05) is 24.3 Å². The molecule has 0 aliphatic rings. The van der Waals surface area contributed by atoms with E-state index in [0.717, 1.165) is 24.5 Å². The molecule has 0 aliphatic heterocycles. The molecule has 2 aromatic carbocycles. The molecule has 0 atom stereocenters. The van der Waals surface area contributed by atoms with Gasteiger partial charge < -0.3 is 25.8 Å². The summed E-state index contributed by atoms with van der Waals surface area (Å²) in [5.74, 6) is 1.43. The van der Waals surface area contributed by atoms with E-state index in [-0.39, 0.29) is 11.6 Å². The normalized spacial score (nSPS) is 10.6. The van der Waals surface area contributed by atoms with Gasteiger partial charge in [0.05, 0.1) is 7.11 Å². The van der Waals surface area contributed by atoms with Crippen LogP contribution in [0.3, 0.4) is 0 Å². The standard InChI is InChI=1S/C21H24N4O3S/c1-3-23-11-12-28-16-9-7-15(8-10-16)24-21-25-20(22)19(29-21)18(26)14-5-4-6-17(13-14)27-2/h4-10,13,23H,3,11-12,22H2,1-2H3,(H,24,25). The highest BCUT2D eigenvalue weighted by atomic mass is 32.1. The number of carbonyl (C=O) groups is 1. The van der Waals surface area contributed by atoms with Crippen molar-refractivity contribution in [2.75, 3.05) is 37.9 Å². The van der Waals surface area contributed by atoms with Crippen molar-refractivity contribution in [3.63, 3.8) is 0 Å². The number of benzene rings is 2. The van der Waals surface area contributed by atoms with E-state index in [4.69, 9.17) is 15.2 Å². The minimum atomic E-state index is -0.184. The fourth-order valence-electron chi connectivity index (χ4n) is 2.62. The van der Waals surface area contributed by atoms with Crippen molar-refractivity contribution in [3.05, 3.63) is 59.0 Å². The number of anilines is 3. The molecule has 0 fully saturated rings. The quantitative estimate of drug-likeness (QED) is 0.345. The van der Waals surface area contributed by atoms with Crippen LogP contribution in [0.4, 0.5) is 16.6 Å². The zero-order chi connectivity index (χ0) is 20.6. The molecule has 0 spiro atoms. The molecule has 0 saturated heterocycles. The Kier molecular flexibility index (Phi) is 7.04. The Hall–Kier alpha value is -3.10. The smallest absolute Gasteiger partial charge is 0.206 e. The first kappa shape index (κ1) is 20.6. The monoisotopic (exact) mass is 412 g/mol. The summed E-state index contributed by atoms with van der Waals surface area (Å²) in [6.45, 7) is 4.39. The maximum atomic E-state index is 12.8. The lowest BCUT2D eigenvalue weighted by Crippen LogP contribution is -2.20. The molecule has 3 rings (SSSR count). The van der Waals surface area contributed by atoms with Crippen molar-refractivity contribution in [3.8, 4) is 11.5 Å². The van der Waals surface area contributed by atoms with Crippen molar-refractivity contribution >= 4 is 33.8 Å². The van der Waals surface area contributed by atoms with Crippen LogP contribution in [0.5, 0.6) is 11.5 Å². The van der Waals surface area contributed by atoms with E-state index in [1.165, 1.54) is 11.3 Å². The number of methoxy groups -OCH3 is 1. The summed E-state index contributed by atoms with van der Waals surface area (Å²) in [5, 5.41) is 6.94. The average molecular weight is 413 g/mol. The molecule has 1 aromatic heterocycles. The molecule has 29 heavy (non-hydrogen) atoms. The van der Waals surface area contributed by atoms with Crippen LogP contribution in [0.2, 0.25) is 0 Å². The number of rotatable bonds is 10. The summed E-state index contributed by atoms with van der Waals surface area (Å²) in [6, 6.07) is 14.5. The van der Waals surface area contributed by atoms with Gasteiger partial charge >= 0.3 is 0 Å². The molecule has 0 aliphatic carbocycles. The van der Waals surface area contributed by atoms with Crippen molar-refractivity contribution in [2.24, 2.45) is 0 Å². The van der Waals surface area contributed by atoms with Crippen LogP contribution in [0, 0.1) is 0 Å². The van der Waals surface area contributed by atoms with Gasteiger partial charge in [0.15, 0.2) is 5.13 Å². The van der Waals surface area contributed by atoms with Crippen molar-refractivity contribution in [2.45, 2.75) is 6.92 Å². The van der Waals surface area contributed by atoms with Crippen molar-refractivity contribution < 1.29 is 14.3 Å². The van der Waals surface area contributed by atoms with E-state index in [2.05, 4.69) is 22.5 Å². The molecule has 7 nitrogen and oxygen atoms in total. The van der Waals surface area contributed by atoms with Gasteiger partial charge in [0.1, 0.15) is 28.8 Å². The second kappa shape index (κ2) is 9.90. The van der Waals surface area contributed by atoms with Gasteiger partial charge in [-0.3, -0.25) is 4.79 Å². The van der Waals surface area contributed by atoms with E-state index in [9.17, 15) is 4.79 Å². The summed E-state index contributed by atoms with van der Waals surface area (Å²) in [5.41, 5.74) is 7.33. The lowest BCUT2D eigenvalue weighted by atomic mass is 10.1. The van der Waals surface area contributed by atoms with Gasteiger partial charge in [-0.15, -0.1) is 0 Å². The first-order valence-corrected chi connectivity index (χ1v) is 10.1. The molecule has 3 aromatic rings. The average Bonchev–Trinajstić information content (AvgIpc) is 3.11. The van der Waals surface area contributed by atoms with Gasteiger partial charge in [-0.25, -0.2) is 4.98 Å². The topological polar surface area (TPSA) is 98.5 Å². The Morgan fingerprint density at radius 3 is 2.69 bits per heavy atom. The molecule has 0 unspecified atom stereocenters. The Balaban J connectivity index is 1.66. The Morgan fingerprint density at radius 2 is 1.97 bits per heavy atom. The van der Waals surface area contributed by atoms with E-state index >= 15 is 0 Å². The largest absolute Gasteiger partial charge is 0.497 e. The van der Waals surface area contributed by atoms with Gasteiger partial charge in [0, 0.05) is 17.8 Å². The first-order chi connectivity index (χ1) is 14.1. The number of hydrogen-bond acceptors (Lipinski definition) is 8. The molecule has 1 heterocycles. The van der Waals surface area contributed by atoms with Crippen molar-refractivity contribution in [1.29, 1.82) is 0 Å². The third kappa shape index (κ3) is 5.46. The molecule has 152 valence electrons.